The lowest BCUT2D eigenvalue weighted by atomic mass is 9.99. The lowest BCUT2D eigenvalue weighted by Crippen LogP contribution is -2.21. The highest BCUT2D eigenvalue weighted by Gasteiger charge is 2.35. The fraction of sp³-hybridized carbons (Fsp3) is 0.231. The summed E-state index contributed by atoms with van der Waals surface area (Å²) in [5.74, 6) is -1.46. The number of ketones is 1. The van der Waals surface area contributed by atoms with Crippen molar-refractivity contribution in [1.82, 2.24) is 4.98 Å². The molecule has 0 spiro atoms. The van der Waals surface area contributed by atoms with E-state index in [9.17, 15) is 27.6 Å². The van der Waals surface area contributed by atoms with E-state index in [1.165, 1.54) is 25.1 Å². The number of carboxylic acid groups (broad SMARTS) is 1. The van der Waals surface area contributed by atoms with Crippen LogP contribution in [0.1, 0.15) is 33.7 Å². The predicted molar refractivity (Wildman–Crippen MR) is 134 cm³/mol. The van der Waals surface area contributed by atoms with Gasteiger partial charge in [0.15, 0.2) is 5.78 Å². The summed E-state index contributed by atoms with van der Waals surface area (Å²) in [4.78, 5) is 42.2. The number of benzene rings is 2. The molecule has 2 aromatic carbocycles. The Morgan fingerprint density at radius 3 is 2.11 bits per heavy atom. The fourth-order valence-electron chi connectivity index (χ4n) is 3.82. The molecule has 37 heavy (non-hydrogen) atoms. The Morgan fingerprint density at radius 2 is 1.54 bits per heavy atom. The molecule has 2 amide bonds. The zero-order valence-electron chi connectivity index (χ0n) is 20.5. The maximum Gasteiger partial charge on any atom is 0.418 e. The number of halogens is 3. The number of hydrogen-bond donors (Lipinski definition) is 3. The summed E-state index contributed by atoms with van der Waals surface area (Å²) < 4.78 is 40.9. The molecule has 8 nitrogen and oxygen atoms in total. The van der Waals surface area contributed by atoms with Gasteiger partial charge in [0.2, 0.25) is 5.91 Å². The van der Waals surface area contributed by atoms with Gasteiger partial charge in [-0.25, -0.2) is 4.79 Å². The number of Topliss-reactive ketones (excluding diaryl/α,β-unsaturated/α-hetero) is 1. The van der Waals surface area contributed by atoms with Gasteiger partial charge in [-0.2, -0.15) is 13.2 Å². The molecule has 0 aliphatic heterocycles. The zero-order chi connectivity index (χ0) is 27.5. The minimum atomic E-state index is -4.78. The third-order valence-electron chi connectivity index (χ3n) is 5.36. The van der Waals surface area contributed by atoms with Crippen molar-refractivity contribution >= 4 is 34.8 Å². The second-order valence-corrected chi connectivity index (χ2v) is 8.60. The van der Waals surface area contributed by atoms with Crippen molar-refractivity contribution in [2.45, 2.75) is 26.4 Å². The first-order valence-corrected chi connectivity index (χ1v) is 11.1. The molecule has 1 aromatic heterocycles. The third-order valence-corrected chi connectivity index (χ3v) is 5.36. The molecule has 11 heteroatoms. The first-order valence-electron chi connectivity index (χ1n) is 11.1. The number of carbonyl (C=O) groups is 3. The van der Waals surface area contributed by atoms with Gasteiger partial charge in [0.1, 0.15) is 0 Å². The Bertz CT molecular complexity index is 1350. The fourth-order valence-corrected chi connectivity index (χ4v) is 3.82. The molecule has 3 aromatic rings. The smallest absolute Gasteiger partial charge is 0.418 e. The van der Waals surface area contributed by atoms with Crippen molar-refractivity contribution in [1.29, 1.82) is 0 Å². The minimum Gasteiger partial charge on any atom is -0.465 e. The van der Waals surface area contributed by atoms with Gasteiger partial charge >= 0.3 is 12.3 Å². The SMILES string of the molecule is Cc1cc(-c2cccc(C(=O)CC(=O)Nc3cc(C(F)(F)F)c(N(C)C)cc3NC(=O)O)c2)cc(C)n1. The van der Waals surface area contributed by atoms with Gasteiger partial charge < -0.3 is 15.3 Å². The third kappa shape index (κ3) is 6.84. The molecule has 0 atom stereocenters. The quantitative estimate of drug-likeness (QED) is 0.273. The molecular formula is C26H25F3N4O4. The van der Waals surface area contributed by atoms with Gasteiger partial charge in [-0.05, 0) is 55.3 Å². The van der Waals surface area contributed by atoms with Crippen LogP contribution in [-0.4, -0.2) is 42.0 Å². The van der Waals surface area contributed by atoms with E-state index in [0.29, 0.717) is 6.07 Å². The average Bonchev–Trinajstić information content (AvgIpc) is 2.78. The second kappa shape index (κ2) is 10.7. The van der Waals surface area contributed by atoms with Crippen LogP contribution in [0, 0.1) is 13.8 Å². The Hall–Kier alpha value is -4.41. The number of anilines is 3. The van der Waals surface area contributed by atoms with Crippen molar-refractivity contribution in [3.63, 3.8) is 0 Å². The number of hydrogen-bond acceptors (Lipinski definition) is 5. The Balaban J connectivity index is 1.87. The van der Waals surface area contributed by atoms with Crippen LogP contribution in [-0.2, 0) is 11.0 Å². The number of pyridine rings is 1. The number of nitrogens with one attached hydrogen (secondary N) is 2. The van der Waals surface area contributed by atoms with E-state index in [2.05, 4.69) is 10.3 Å². The van der Waals surface area contributed by atoms with Gasteiger partial charge in [0.05, 0.1) is 29.0 Å². The van der Waals surface area contributed by atoms with Crippen LogP contribution in [0.2, 0.25) is 0 Å². The molecule has 0 bridgehead atoms. The number of aryl methyl sites for hydroxylation is 2. The van der Waals surface area contributed by atoms with Crippen LogP contribution >= 0.6 is 0 Å². The molecule has 0 radical (unpaired) electrons. The Morgan fingerprint density at radius 1 is 0.919 bits per heavy atom. The first kappa shape index (κ1) is 27.2. The van der Waals surface area contributed by atoms with Crippen molar-refractivity contribution in [2.75, 3.05) is 29.6 Å². The highest BCUT2D eigenvalue weighted by Crippen LogP contribution is 2.41. The lowest BCUT2D eigenvalue weighted by molar-refractivity contribution is -0.137. The van der Waals surface area contributed by atoms with Crippen molar-refractivity contribution < 1.29 is 32.7 Å². The van der Waals surface area contributed by atoms with E-state index in [-0.39, 0.29) is 16.9 Å². The van der Waals surface area contributed by atoms with Crippen LogP contribution in [0.3, 0.4) is 0 Å². The van der Waals surface area contributed by atoms with Gasteiger partial charge in [-0.15, -0.1) is 0 Å². The molecule has 0 saturated heterocycles. The van der Waals surface area contributed by atoms with Gasteiger partial charge in [0.25, 0.3) is 0 Å². The summed E-state index contributed by atoms with van der Waals surface area (Å²) in [6.07, 6.45) is -6.98. The molecule has 194 valence electrons. The molecule has 3 rings (SSSR count). The number of rotatable bonds is 7. The maximum atomic E-state index is 13.6. The summed E-state index contributed by atoms with van der Waals surface area (Å²) in [6, 6.07) is 11.9. The molecule has 0 unspecified atom stereocenters. The van der Waals surface area contributed by atoms with Gasteiger partial charge in [-0.1, -0.05) is 18.2 Å². The summed E-state index contributed by atoms with van der Waals surface area (Å²) in [6.45, 7) is 3.69. The summed E-state index contributed by atoms with van der Waals surface area (Å²) in [5, 5.41) is 13.3. The molecule has 0 fully saturated rings. The molecular weight excluding hydrogens is 489 g/mol. The minimum absolute atomic E-state index is 0.239. The number of nitrogens with zero attached hydrogens (tertiary/aromatic N) is 2. The second-order valence-electron chi connectivity index (χ2n) is 8.60. The highest BCUT2D eigenvalue weighted by atomic mass is 19.4. The molecule has 3 N–H and O–H groups in total. The van der Waals surface area contributed by atoms with Gasteiger partial charge in [0, 0.05) is 31.0 Å². The van der Waals surface area contributed by atoms with E-state index in [0.717, 1.165) is 28.6 Å². The summed E-state index contributed by atoms with van der Waals surface area (Å²) in [7, 11) is 2.74. The molecule has 1 heterocycles. The molecule has 0 aliphatic rings. The zero-order valence-corrected chi connectivity index (χ0v) is 20.5. The average molecular weight is 515 g/mol. The van der Waals surface area contributed by atoms with Crippen LogP contribution < -0.4 is 15.5 Å². The predicted octanol–water partition coefficient (Wildman–Crippen LogP) is 5.75. The van der Waals surface area contributed by atoms with Crippen molar-refractivity contribution in [2.24, 2.45) is 0 Å². The molecule has 0 aliphatic carbocycles. The maximum absolute atomic E-state index is 13.6. The molecule has 0 saturated carbocycles. The summed E-state index contributed by atoms with van der Waals surface area (Å²) >= 11 is 0. The van der Waals surface area contributed by atoms with Crippen LogP contribution in [0.4, 0.5) is 35.0 Å². The van der Waals surface area contributed by atoms with Crippen LogP contribution in [0.25, 0.3) is 11.1 Å². The Kier molecular flexibility index (Phi) is 7.85. The van der Waals surface area contributed by atoms with Crippen LogP contribution in [0.15, 0.2) is 48.5 Å². The number of alkyl halides is 3. The Labute approximate surface area is 211 Å². The highest BCUT2D eigenvalue weighted by molar-refractivity contribution is 6.12. The normalized spacial score (nSPS) is 11.1. The van der Waals surface area contributed by atoms with E-state index in [1.807, 2.05) is 31.3 Å². The van der Waals surface area contributed by atoms with Gasteiger partial charge in [-0.3, -0.25) is 19.9 Å². The van der Waals surface area contributed by atoms with E-state index < -0.39 is 41.6 Å². The largest absolute Gasteiger partial charge is 0.465 e. The van der Waals surface area contributed by atoms with Crippen molar-refractivity contribution in [3.8, 4) is 11.1 Å². The summed E-state index contributed by atoms with van der Waals surface area (Å²) in [5.41, 5.74) is 1.35. The lowest BCUT2D eigenvalue weighted by Gasteiger charge is -2.22. The van der Waals surface area contributed by atoms with E-state index in [1.54, 1.807) is 18.2 Å². The van der Waals surface area contributed by atoms with E-state index >= 15 is 0 Å². The number of carbonyl (C=O) groups excluding carboxylic acids is 2. The number of aromatic nitrogens is 1. The standard InChI is InChI=1S/C26H25F3N4O4/c1-14-8-18(9-15(2)30-14)16-6-5-7-17(10-16)23(34)13-24(35)31-20-11-19(26(27,28)29)22(33(3)4)12-21(20)32-25(36)37/h5-12,32H,13H2,1-4H3,(H,31,35)(H,36,37). The van der Waals surface area contributed by atoms with E-state index in [4.69, 9.17) is 5.11 Å². The van der Waals surface area contributed by atoms with Crippen LogP contribution in [0.5, 0.6) is 0 Å². The van der Waals surface area contributed by atoms with Crippen molar-refractivity contribution in [3.05, 3.63) is 71.0 Å². The number of amides is 2. The first-order chi connectivity index (χ1) is 17.2. The monoisotopic (exact) mass is 514 g/mol. The topological polar surface area (TPSA) is 112 Å².